The predicted molar refractivity (Wildman–Crippen MR) is 69.4 cm³/mol. The molecule has 0 unspecified atom stereocenters. The number of aromatic nitrogens is 2. The first-order chi connectivity index (χ1) is 7.46. The average molecular weight is 234 g/mol. The summed E-state index contributed by atoms with van der Waals surface area (Å²) in [6.07, 6.45) is 3.42. The van der Waals surface area contributed by atoms with Crippen LogP contribution in [0.1, 0.15) is 11.5 Å². The lowest BCUT2D eigenvalue weighted by molar-refractivity contribution is 0.688. The Labute approximate surface area is 95.6 Å². The van der Waals surface area contributed by atoms with Gasteiger partial charge in [0.15, 0.2) is 0 Å². The molecule has 4 heteroatoms. The van der Waals surface area contributed by atoms with Gasteiger partial charge in [-0.15, -0.1) is 0 Å². The van der Waals surface area contributed by atoms with Gasteiger partial charge >= 0.3 is 0 Å². The summed E-state index contributed by atoms with van der Waals surface area (Å²) in [5, 5.41) is 2.67. The van der Waals surface area contributed by atoms with Crippen LogP contribution >= 0.6 is 0 Å². The maximum atomic E-state index is 11.8. The lowest BCUT2D eigenvalue weighted by Gasteiger charge is -2.03. The summed E-state index contributed by atoms with van der Waals surface area (Å²) in [6.45, 7) is 1.84. The summed E-state index contributed by atoms with van der Waals surface area (Å²) in [4.78, 5) is 8.68. The number of fused-ring (bicyclic) bond motifs is 1. The lowest BCUT2D eigenvalue weighted by Crippen LogP contribution is -2.03. The molecule has 0 N–H and O–H groups in total. The van der Waals surface area contributed by atoms with Crippen LogP contribution in [0.15, 0.2) is 24.3 Å². The first-order valence-corrected chi connectivity index (χ1v) is 7.42. The van der Waals surface area contributed by atoms with Gasteiger partial charge in [0, 0.05) is 23.3 Å². The van der Waals surface area contributed by atoms with Crippen molar-refractivity contribution in [2.45, 2.75) is 6.92 Å². The van der Waals surface area contributed by atoms with E-state index in [1.807, 2.05) is 31.2 Å². The van der Waals surface area contributed by atoms with Crippen LogP contribution in [-0.2, 0) is 9.52 Å². The molecule has 84 valence electrons. The summed E-state index contributed by atoms with van der Waals surface area (Å²) < 4.78 is 11.8. The van der Waals surface area contributed by atoms with Crippen LogP contribution in [0.5, 0.6) is 0 Å². The third-order valence-corrected chi connectivity index (χ3v) is 2.93. The summed E-state index contributed by atoms with van der Waals surface area (Å²) in [7, 11) is -1.95. The molecule has 0 radical (unpaired) electrons. The molecule has 0 saturated carbocycles. The largest absolute Gasteiger partial charge is 0.268 e. The van der Waals surface area contributed by atoms with Crippen LogP contribution in [0.3, 0.4) is 0 Å². The van der Waals surface area contributed by atoms with Crippen molar-refractivity contribution in [3.05, 3.63) is 35.8 Å². The lowest BCUT2D eigenvalue weighted by atomic mass is 10.2. The van der Waals surface area contributed by atoms with Gasteiger partial charge in [0.25, 0.3) is 0 Å². The summed E-state index contributed by atoms with van der Waals surface area (Å²) >= 11 is 0. The minimum Gasteiger partial charge on any atom is -0.268 e. The molecule has 0 fully saturated rings. The van der Waals surface area contributed by atoms with Crippen LogP contribution in [0.2, 0.25) is 0 Å². The first kappa shape index (κ1) is 11.1. The molecule has 2 aromatic rings. The van der Waals surface area contributed by atoms with Crippen molar-refractivity contribution >= 4 is 25.8 Å². The second-order valence-corrected chi connectivity index (χ2v) is 6.95. The Bertz CT molecular complexity index is 647. The van der Waals surface area contributed by atoms with Gasteiger partial charge in [-0.05, 0) is 22.5 Å². The summed E-state index contributed by atoms with van der Waals surface area (Å²) in [5.41, 5.74) is 1.66. The molecule has 1 aromatic heterocycles. The van der Waals surface area contributed by atoms with E-state index in [1.165, 1.54) is 0 Å². The van der Waals surface area contributed by atoms with Crippen molar-refractivity contribution < 1.29 is 4.21 Å². The maximum Gasteiger partial charge on any atom is 0.126 e. The predicted octanol–water partition coefficient (Wildman–Crippen LogP) is 1.63. The minimum absolute atomic E-state index is 0.702. The van der Waals surface area contributed by atoms with Crippen molar-refractivity contribution in [3.8, 4) is 0 Å². The zero-order valence-electron chi connectivity index (χ0n) is 9.60. The molecular weight excluding hydrogens is 220 g/mol. The standard InChI is InChI=1S/C12H14N2OS/c1-9-13-11-7-5-4-6-10(11)12(14-9)8-16(2,3)15/h4-8H,1-3H3. The molecule has 2 rings (SSSR count). The Morgan fingerprint density at radius 2 is 1.88 bits per heavy atom. The van der Waals surface area contributed by atoms with Gasteiger partial charge in [-0.25, -0.2) is 9.97 Å². The third-order valence-electron chi connectivity index (χ3n) is 2.14. The number of nitrogens with zero attached hydrogens (tertiary/aromatic N) is 2. The number of aryl methyl sites for hydroxylation is 1. The molecule has 0 spiro atoms. The SMILES string of the molecule is Cc1nc(C=S(C)(C)=O)c2ccccc2n1. The van der Waals surface area contributed by atoms with Gasteiger partial charge in [0.05, 0.1) is 11.2 Å². The van der Waals surface area contributed by atoms with E-state index in [2.05, 4.69) is 9.97 Å². The van der Waals surface area contributed by atoms with Crippen molar-refractivity contribution in [1.29, 1.82) is 0 Å². The van der Waals surface area contributed by atoms with Crippen molar-refractivity contribution in [1.82, 2.24) is 9.97 Å². The van der Waals surface area contributed by atoms with E-state index in [0.29, 0.717) is 5.82 Å². The van der Waals surface area contributed by atoms with Crippen molar-refractivity contribution in [2.75, 3.05) is 12.5 Å². The zero-order chi connectivity index (χ0) is 11.8. The second-order valence-electron chi connectivity index (χ2n) is 4.10. The Balaban J connectivity index is 2.84. The highest BCUT2D eigenvalue weighted by atomic mass is 32.2. The van der Waals surface area contributed by atoms with Gasteiger partial charge in [-0.3, -0.25) is 4.21 Å². The maximum absolute atomic E-state index is 11.8. The molecule has 0 aliphatic heterocycles. The fraction of sp³-hybridized carbons (Fsp3) is 0.250. The highest BCUT2D eigenvalue weighted by Crippen LogP contribution is 2.14. The first-order valence-electron chi connectivity index (χ1n) is 4.98. The molecule has 0 atom stereocenters. The van der Waals surface area contributed by atoms with E-state index in [0.717, 1.165) is 16.6 Å². The highest BCUT2D eigenvalue weighted by Gasteiger charge is 2.03. The molecular formula is C12H14N2OS. The normalized spacial score (nSPS) is 11.7. The Morgan fingerprint density at radius 1 is 1.19 bits per heavy atom. The van der Waals surface area contributed by atoms with Gasteiger partial charge in [-0.1, -0.05) is 18.2 Å². The van der Waals surface area contributed by atoms with Crippen LogP contribution in [-0.4, -0.2) is 32.1 Å². The Hall–Kier alpha value is -1.42. The monoisotopic (exact) mass is 234 g/mol. The van der Waals surface area contributed by atoms with Crippen LogP contribution in [0, 0.1) is 6.92 Å². The fourth-order valence-electron chi connectivity index (χ4n) is 1.58. The third kappa shape index (κ3) is 2.39. The number of para-hydroxylation sites is 1. The quantitative estimate of drug-likeness (QED) is 0.704. The van der Waals surface area contributed by atoms with E-state index in [-0.39, 0.29) is 0 Å². The van der Waals surface area contributed by atoms with Gasteiger partial charge < -0.3 is 0 Å². The van der Waals surface area contributed by atoms with E-state index < -0.39 is 9.52 Å². The van der Waals surface area contributed by atoms with Crippen molar-refractivity contribution in [2.24, 2.45) is 0 Å². The molecule has 0 aliphatic rings. The molecule has 0 aliphatic carbocycles. The van der Waals surface area contributed by atoms with E-state index >= 15 is 0 Å². The fourth-order valence-corrected chi connectivity index (χ4v) is 2.30. The molecule has 0 saturated heterocycles. The second kappa shape index (κ2) is 3.87. The topological polar surface area (TPSA) is 42.9 Å². The van der Waals surface area contributed by atoms with E-state index in [1.54, 1.807) is 17.9 Å². The molecule has 3 nitrogen and oxygen atoms in total. The average Bonchev–Trinajstić information content (AvgIpc) is 2.14. The molecule has 16 heavy (non-hydrogen) atoms. The number of hydrogen-bond acceptors (Lipinski definition) is 3. The number of benzene rings is 1. The zero-order valence-corrected chi connectivity index (χ0v) is 10.4. The van der Waals surface area contributed by atoms with Crippen LogP contribution < -0.4 is 0 Å². The van der Waals surface area contributed by atoms with Gasteiger partial charge in [-0.2, -0.15) is 0 Å². The smallest absolute Gasteiger partial charge is 0.126 e. The summed E-state index contributed by atoms with van der Waals surface area (Å²) in [5.74, 6) is 0.702. The molecule has 1 heterocycles. The summed E-state index contributed by atoms with van der Waals surface area (Å²) in [6, 6.07) is 7.76. The highest BCUT2D eigenvalue weighted by molar-refractivity contribution is 8.00. The number of rotatable bonds is 1. The van der Waals surface area contributed by atoms with Gasteiger partial charge in [0.1, 0.15) is 5.82 Å². The minimum atomic E-state index is -1.95. The van der Waals surface area contributed by atoms with Crippen LogP contribution in [0.25, 0.3) is 10.9 Å². The molecule has 1 aromatic carbocycles. The Kier molecular flexibility index (Phi) is 2.68. The molecule has 0 bridgehead atoms. The Morgan fingerprint density at radius 3 is 2.56 bits per heavy atom. The van der Waals surface area contributed by atoms with E-state index in [9.17, 15) is 4.21 Å². The molecule has 0 amide bonds. The van der Waals surface area contributed by atoms with Gasteiger partial charge in [0.2, 0.25) is 0 Å². The van der Waals surface area contributed by atoms with E-state index in [4.69, 9.17) is 0 Å². The number of hydrogen-bond donors (Lipinski definition) is 0. The van der Waals surface area contributed by atoms with Crippen LogP contribution in [0.4, 0.5) is 0 Å². The van der Waals surface area contributed by atoms with Crippen molar-refractivity contribution in [3.63, 3.8) is 0 Å².